The van der Waals surface area contributed by atoms with E-state index in [1.165, 1.54) is 0 Å². The maximum atomic E-state index is 11.2. The van der Waals surface area contributed by atoms with E-state index in [2.05, 4.69) is 10.6 Å². The molecule has 0 aliphatic carbocycles. The normalized spacial score (nSPS) is 16.3. The molecule has 0 heterocycles. The second-order valence-electron chi connectivity index (χ2n) is 3.72. The van der Waals surface area contributed by atoms with E-state index in [-0.39, 0.29) is 12.6 Å². The molecule has 0 saturated carbocycles. The van der Waals surface area contributed by atoms with Crippen molar-refractivity contribution in [3.8, 4) is 0 Å². The lowest BCUT2D eigenvalue weighted by molar-refractivity contribution is -0.155. The van der Waals surface area contributed by atoms with Crippen molar-refractivity contribution in [2.24, 2.45) is 0 Å². The molecule has 2 atom stereocenters. The molecule has 0 aromatic rings. The fourth-order valence-electron chi connectivity index (χ4n) is 0.705. The minimum Gasteiger partial charge on any atom is -0.479 e. The third-order valence-corrected chi connectivity index (χ3v) is 2.04. The molecule has 2 unspecified atom stereocenters. The maximum Gasteiger partial charge on any atom is 0.337 e. The SMILES string of the molecule is CCC(C)NC(=O)NCC(C)(O)C(=O)O. The second-order valence-corrected chi connectivity index (χ2v) is 3.72. The van der Waals surface area contributed by atoms with Gasteiger partial charge in [-0.05, 0) is 20.3 Å². The summed E-state index contributed by atoms with van der Waals surface area (Å²) >= 11 is 0. The van der Waals surface area contributed by atoms with Crippen LogP contribution < -0.4 is 10.6 Å². The van der Waals surface area contributed by atoms with Crippen LogP contribution in [-0.4, -0.2) is 40.4 Å². The van der Waals surface area contributed by atoms with Crippen LogP contribution in [0.15, 0.2) is 0 Å². The van der Waals surface area contributed by atoms with Crippen LogP contribution in [0.25, 0.3) is 0 Å². The topological polar surface area (TPSA) is 98.7 Å². The Hall–Kier alpha value is -1.30. The van der Waals surface area contributed by atoms with Crippen LogP contribution in [0.5, 0.6) is 0 Å². The predicted octanol–water partition coefficient (Wildman–Crippen LogP) is -0.0803. The number of aliphatic hydroxyl groups is 1. The first-order valence-corrected chi connectivity index (χ1v) is 4.79. The molecule has 0 aliphatic heterocycles. The van der Waals surface area contributed by atoms with Crippen molar-refractivity contribution in [2.45, 2.75) is 38.8 Å². The molecule has 6 nitrogen and oxygen atoms in total. The molecule has 0 spiro atoms. The summed E-state index contributed by atoms with van der Waals surface area (Å²) in [5.41, 5.74) is -1.94. The van der Waals surface area contributed by atoms with Gasteiger partial charge in [0, 0.05) is 6.04 Å². The average molecular weight is 218 g/mol. The zero-order chi connectivity index (χ0) is 12.1. The number of amides is 2. The van der Waals surface area contributed by atoms with Crippen molar-refractivity contribution in [1.29, 1.82) is 0 Å². The van der Waals surface area contributed by atoms with Crippen molar-refractivity contribution < 1.29 is 19.8 Å². The van der Waals surface area contributed by atoms with Crippen LogP contribution in [-0.2, 0) is 4.79 Å². The van der Waals surface area contributed by atoms with Crippen LogP contribution in [0.1, 0.15) is 27.2 Å². The summed E-state index contributed by atoms with van der Waals surface area (Å²) in [4.78, 5) is 21.6. The quantitative estimate of drug-likeness (QED) is 0.518. The van der Waals surface area contributed by atoms with Gasteiger partial charge in [-0.3, -0.25) is 0 Å². The van der Waals surface area contributed by atoms with Gasteiger partial charge in [0.05, 0.1) is 6.54 Å². The van der Waals surface area contributed by atoms with Gasteiger partial charge in [0.2, 0.25) is 0 Å². The maximum absolute atomic E-state index is 11.2. The number of nitrogens with one attached hydrogen (secondary N) is 2. The molecule has 0 fully saturated rings. The van der Waals surface area contributed by atoms with Crippen LogP contribution >= 0.6 is 0 Å². The average Bonchev–Trinajstić information content (AvgIpc) is 2.14. The van der Waals surface area contributed by atoms with Crippen LogP contribution in [0, 0.1) is 0 Å². The number of hydrogen-bond donors (Lipinski definition) is 4. The number of carboxylic acids is 1. The van der Waals surface area contributed by atoms with Gasteiger partial charge in [0.25, 0.3) is 0 Å². The standard InChI is InChI=1S/C9H18N2O4/c1-4-6(2)11-8(14)10-5-9(3,15)7(12)13/h6,15H,4-5H2,1-3H3,(H,12,13)(H2,10,11,14). The van der Waals surface area contributed by atoms with E-state index in [1.54, 1.807) is 0 Å². The highest BCUT2D eigenvalue weighted by molar-refractivity contribution is 5.79. The molecule has 4 N–H and O–H groups in total. The number of hydrogen-bond acceptors (Lipinski definition) is 3. The van der Waals surface area contributed by atoms with E-state index >= 15 is 0 Å². The lowest BCUT2D eigenvalue weighted by Gasteiger charge is -2.19. The summed E-state index contributed by atoms with van der Waals surface area (Å²) in [6.45, 7) is 4.54. The van der Waals surface area contributed by atoms with Crippen molar-refractivity contribution in [3.05, 3.63) is 0 Å². The zero-order valence-electron chi connectivity index (χ0n) is 9.20. The number of aliphatic carboxylic acids is 1. The van der Waals surface area contributed by atoms with Crippen LogP contribution in [0.4, 0.5) is 4.79 Å². The van der Waals surface area contributed by atoms with Gasteiger partial charge in [0.1, 0.15) is 0 Å². The molecule has 2 amide bonds. The monoisotopic (exact) mass is 218 g/mol. The highest BCUT2D eigenvalue weighted by Gasteiger charge is 2.30. The first kappa shape index (κ1) is 13.7. The largest absolute Gasteiger partial charge is 0.479 e. The van der Waals surface area contributed by atoms with Gasteiger partial charge in [-0.1, -0.05) is 6.92 Å². The number of rotatable bonds is 5. The Morgan fingerprint density at radius 3 is 2.40 bits per heavy atom. The highest BCUT2D eigenvalue weighted by atomic mass is 16.4. The lowest BCUT2D eigenvalue weighted by Crippen LogP contribution is -2.50. The Morgan fingerprint density at radius 1 is 1.47 bits per heavy atom. The Kier molecular flexibility index (Phi) is 5.07. The zero-order valence-corrected chi connectivity index (χ0v) is 9.20. The Bertz CT molecular complexity index is 240. The molecule has 0 aromatic carbocycles. The lowest BCUT2D eigenvalue weighted by atomic mass is 10.1. The molecule has 88 valence electrons. The van der Waals surface area contributed by atoms with Crippen molar-refractivity contribution in [1.82, 2.24) is 10.6 Å². The first-order valence-electron chi connectivity index (χ1n) is 4.79. The first-order chi connectivity index (χ1) is 6.79. The summed E-state index contributed by atoms with van der Waals surface area (Å²) in [5, 5.41) is 22.7. The minimum atomic E-state index is -1.94. The van der Waals surface area contributed by atoms with Crippen LogP contribution in [0.3, 0.4) is 0 Å². The van der Waals surface area contributed by atoms with E-state index in [9.17, 15) is 14.7 Å². The van der Waals surface area contributed by atoms with E-state index in [0.29, 0.717) is 0 Å². The molecule has 15 heavy (non-hydrogen) atoms. The van der Waals surface area contributed by atoms with E-state index < -0.39 is 17.6 Å². The Labute approximate surface area is 88.7 Å². The fourth-order valence-corrected chi connectivity index (χ4v) is 0.705. The fraction of sp³-hybridized carbons (Fsp3) is 0.778. The number of carbonyl (C=O) groups is 2. The Balaban J connectivity index is 3.96. The number of carboxylic acid groups (broad SMARTS) is 1. The van der Waals surface area contributed by atoms with E-state index in [1.807, 2.05) is 13.8 Å². The van der Waals surface area contributed by atoms with Gasteiger partial charge in [-0.15, -0.1) is 0 Å². The molecule has 0 rings (SSSR count). The number of urea groups is 1. The van der Waals surface area contributed by atoms with Gasteiger partial charge >= 0.3 is 12.0 Å². The highest BCUT2D eigenvalue weighted by Crippen LogP contribution is 2.00. The number of carbonyl (C=O) groups excluding carboxylic acids is 1. The minimum absolute atomic E-state index is 0.0137. The van der Waals surface area contributed by atoms with E-state index in [4.69, 9.17) is 5.11 Å². The molecular weight excluding hydrogens is 200 g/mol. The van der Waals surface area contributed by atoms with Crippen LogP contribution in [0.2, 0.25) is 0 Å². The van der Waals surface area contributed by atoms with Gasteiger partial charge < -0.3 is 20.8 Å². The van der Waals surface area contributed by atoms with Gasteiger partial charge in [-0.2, -0.15) is 0 Å². The molecule has 0 saturated heterocycles. The predicted molar refractivity (Wildman–Crippen MR) is 54.5 cm³/mol. The molecule has 0 radical (unpaired) electrons. The summed E-state index contributed by atoms with van der Waals surface area (Å²) < 4.78 is 0. The van der Waals surface area contributed by atoms with Crippen molar-refractivity contribution in [3.63, 3.8) is 0 Å². The molecule has 0 aliphatic rings. The van der Waals surface area contributed by atoms with Gasteiger partial charge in [-0.25, -0.2) is 9.59 Å². The summed E-state index contributed by atoms with van der Waals surface area (Å²) in [7, 11) is 0. The van der Waals surface area contributed by atoms with E-state index in [0.717, 1.165) is 13.3 Å². The molecular formula is C9H18N2O4. The third kappa shape index (κ3) is 5.21. The summed E-state index contributed by atoms with van der Waals surface area (Å²) in [5.74, 6) is -1.37. The molecule has 0 bridgehead atoms. The van der Waals surface area contributed by atoms with Gasteiger partial charge in [0.15, 0.2) is 5.60 Å². The molecule has 0 aromatic heterocycles. The summed E-state index contributed by atoms with van der Waals surface area (Å²) in [6, 6.07) is -0.467. The summed E-state index contributed by atoms with van der Waals surface area (Å²) in [6.07, 6.45) is 0.780. The van der Waals surface area contributed by atoms with Crippen molar-refractivity contribution in [2.75, 3.05) is 6.54 Å². The molecule has 6 heteroatoms. The third-order valence-electron chi connectivity index (χ3n) is 2.04. The smallest absolute Gasteiger partial charge is 0.337 e. The second kappa shape index (κ2) is 5.55. The Morgan fingerprint density at radius 2 is 2.00 bits per heavy atom. The van der Waals surface area contributed by atoms with Crippen molar-refractivity contribution >= 4 is 12.0 Å².